The number of para-hydroxylation sites is 1. The number of unbranched alkanes of at least 4 members (excludes halogenated alkanes) is 1. The minimum Gasteiger partial charge on any atom is -0.406 e. The highest BCUT2D eigenvalue weighted by Gasteiger charge is 2.31. The molecule has 0 radical (unpaired) electrons. The molecule has 0 fully saturated rings. The largest absolute Gasteiger partial charge is 0.573 e. The van der Waals surface area contributed by atoms with Crippen molar-refractivity contribution in [2.45, 2.75) is 44.9 Å². The minimum atomic E-state index is -4.81. The Morgan fingerprint density at radius 3 is 2.48 bits per heavy atom. The molecule has 2 aromatic carbocycles. The highest BCUT2D eigenvalue weighted by atomic mass is 32.1. The first-order valence-corrected chi connectivity index (χ1v) is 14.6. The first-order valence-electron chi connectivity index (χ1n) is 13.7. The SMILES string of the molecule is Cn1cc(CC(=O)Nc2nnc(CCCCc3ccc(NC(=O)Cc4cccc(OC(F)(F)F)c4)nn3)s2)c2ccccc21. The molecular weight excluding hydrogens is 595 g/mol. The summed E-state index contributed by atoms with van der Waals surface area (Å²) < 4.78 is 43.2. The number of ether oxygens (including phenoxy) is 1. The molecule has 0 aliphatic rings. The third kappa shape index (κ3) is 8.60. The van der Waals surface area contributed by atoms with Crippen molar-refractivity contribution < 1.29 is 27.5 Å². The van der Waals surface area contributed by atoms with Gasteiger partial charge in [-0.15, -0.1) is 28.5 Å². The fourth-order valence-corrected chi connectivity index (χ4v) is 5.47. The Bertz CT molecular complexity index is 1750. The number of carbonyl (C=O) groups is 2. The van der Waals surface area contributed by atoms with Gasteiger partial charge < -0.3 is 19.9 Å². The van der Waals surface area contributed by atoms with Gasteiger partial charge in [-0.1, -0.05) is 41.7 Å². The van der Waals surface area contributed by atoms with Crippen molar-refractivity contribution in [1.29, 1.82) is 0 Å². The van der Waals surface area contributed by atoms with Gasteiger partial charge >= 0.3 is 6.36 Å². The molecule has 2 N–H and O–H groups in total. The van der Waals surface area contributed by atoms with Crippen molar-refractivity contribution >= 4 is 45.0 Å². The fourth-order valence-electron chi connectivity index (χ4n) is 4.68. The average Bonchev–Trinajstić information content (AvgIpc) is 3.54. The molecule has 10 nitrogen and oxygen atoms in total. The number of carbonyl (C=O) groups excluding carboxylic acids is 2. The van der Waals surface area contributed by atoms with Crippen LogP contribution in [0.2, 0.25) is 0 Å². The molecule has 228 valence electrons. The van der Waals surface area contributed by atoms with Crippen molar-refractivity contribution in [3.63, 3.8) is 0 Å². The second kappa shape index (κ2) is 13.6. The fraction of sp³-hybridized carbons (Fsp3) is 0.267. The second-order valence-corrected chi connectivity index (χ2v) is 11.1. The van der Waals surface area contributed by atoms with Crippen LogP contribution in [0, 0.1) is 0 Å². The number of halogens is 3. The molecule has 0 bridgehead atoms. The molecular formula is C30H28F3N7O3S. The van der Waals surface area contributed by atoms with E-state index in [-0.39, 0.29) is 24.6 Å². The number of amides is 2. The lowest BCUT2D eigenvalue weighted by Crippen LogP contribution is -2.18. The van der Waals surface area contributed by atoms with Gasteiger partial charge in [0.2, 0.25) is 16.9 Å². The lowest BCUT2D eigenvalue weighted by atomic mass is 10.1. The van der Waals surface area contributed by atoms with Crippen molar-refractivity contribution in [1.82, 2.24) is 25.0 Å². The van der Waals surface area contributed by atoms with Crippen molar-refractivity contribution in [2.24, 2.45) is 7.05 Å². The number of hydrogen-bond acceptors (Lipinski definition) is 8. The van der Waals surface area contributed by atoms with E-state index in [1.54, 1.807) is 12.1 Å². The molecule has 44 heavy (non-hydrogen) atoms. The summed E-state index contributed by atoms with van der Waals surface area (Å²) in [6.45, 7) is 0. The maximum Gasteiger partial charge on any atom is 0.573 e. The molecule has 3 heterocycles. The standard InChI is InChI=1S/C30H28F3N7O3S/c1-40-18-20(23-10-3-4-11-24(23)40)17-27(42)35-29-39-38-28(44-29)12-5-2-8-21-13-14-25(37-36-21)34-26(41)16-19-7-6-9-22(15-19)43-30(31,32)33/h3-4,6-7,9-11,13-15,18H,2,5,8,12,16-17H2,1H3,(H,34,37,41)(H,35,39,42). The number of aromatic nitrogens is 5. The molecule has 0 saturated heterocycles. The molecule has 0 unspecified atom stereocenters. The third-order valence-electron chi connectivity index (χ3n) is 6.60. The van der Waals surface area contributed by atoms with Crippen LogP contribution in [0.1, 0.15) is 34.7 Å². The Labute approximate surface area is 254 Å². The first-order chi connectivity index (χ1) is 21.1. The van der Waals surface area contributed by atoms with Gasteiger partial charge in [-0.3, -0.25) is 9.59 Å². The molecule has 5 rings (SSSR count). The van der Waals surface area contributed by atoms with Crippen LogP contribution in [-0.4, -0.2) is 43.1 Å². The van der Waals surface area contributed by atoms with Crippen LogP contribution >= 0.6 is 11.3 Å². The van der Waals surface area contributed by atoms with Crippen LogP contribution in [0.5, 0.6) is 5.75 Å². The molecule has 2 amide bonds. The number of nitrogens with one attached hydrogen (secondary N) is 2. The van der Waals surface area contributed by atoms with Crippen LogP contribution in [0.4, 0.5) is 24.1 Å². The van der Waals surface area contributed by atoms with E-state index in [0.717, 1.165) is 46.1 Å². The number of hydrogen-bond donors (Lipinski definition) is 2. The van der Waals surface area contributed by atoms with Gasteiger partial charge in [0.25, 0.3) is 0 Å². The predicted molar refractivity (Wildman–Crippen MR) is 159 cm³/mol. The molecule has 0 aliphatic carbocycles. The summed E-state index contributed by atoms with van der Waals surface area (Å²) in [5.41, 5.74) is 3.13. The topological polar surface area (TPSA) is 124 Å². The molecule has 0 aliphatic heterocycles. The number of aryl methyl sites for hydroxylation is 3. The average molecular weight is 624 g/mol. The maximum absolute atomic E-state index is 12.6. The molecule has 0 saturated carbocycles. The smallest absolute Gasteiger partial charge is 0.406 e. The number of anilines is 2. The predicted octanol–water partition coefficient (Wildman–Crippen LogP) is 5.65. The summed E-state index contributed by atoms with van der Waals surface area (Å²) in [5.74, 6) is -0.743. The first kappa shape index (κ1) is 30.6. The summed E-state index contributed by atoms with van der Waals surface area (Å²) in [6.07, 6.45) is 0.267. The number of fused-ring (bicyclic) bond motifs is 1. The second-order valence-electron chi connectivity index (χ2n) is 10.0. The Hall–Kier alpha value is -4.85. The van der Waals surface area contributed by atoms with Crippen LogP contribution in [0.25, 0.3) is 10.9 Å². The molecule has 3 aromatic heterocycles. The van der Waals surface area contributed by atoms with E-state index in [1.165, 1.54) is 29.5 Å². The number of rotatable bonds is 12. The van der Waals surface area contributed by atoms with E-state index in [0.29, 0.717) is 23.5 Å². The summed E-state index contributed by atoms with van der Waals surface area (Å²) in [6, 6.07) is 16.6. The van der Waals surface area contributed by atoms with E-state index in [4.69, 9.17) is 0 Å². The van der Waals surface area contributed by atoms with Crippen molar-refractivity contribution in [3.8, 4) is 5.75 Å². The molecule has 0 spiro atoms. The van der Waals surface area contributed by atoms with E-state index in [9.17, 15) is 22.8 Å². The zero-order valence-corrected chi connectivity index (χ0v) is 24.4. The van der Waals surface area contributed by atoms with Gasteiger partial charge in [0.15, 0.2) is 5.82 Å². The van der Waals surface area contributed by atoms with Crippen LogP contribution < -0.4 is 15.4 Å². The summed E-state index contributed by atoms with van der Waals surface area (Å²) in [4.78, 5) is 24.9. The Balaban J connectivity index is 1.02. The van der Waals surface area contributed by atoms with Gasteiger partial charge in [-0.05, 0) is 60.7 Å². The molecule has 14 heteroatoms. The molecule has 0 atom stereocenters. The quantitative estimate of drug-likeness (QED) is 0.172. The third-order valence-corrected chi connectivity index (χ3v) is 7.50. The van der Waals surface area contributed by atoms with E-state index >= 15 is 0 Å². The number of nitrogens with zero attached hydrogens (tertiary/aromatic N) is 5. The zero-order valence-electron chi connectivity index (χ0n) is 23.6. The summed E-state index contributed by atoms with van der Waals surface area (Å²) in [7, 11) is 1.96. The summed E-state index contributed by atoms with van der Waals surface area (Å²) in [5, 5.41) is 24.2. The van der Waals surface area contributed by atoms with Gasteiger partial charge in [0, 0.05) is 30.6 Å². The minimum absolute atomic E-state index is 0.146. The summed E-state index contributed by atoms with van der Waals surface area (Å²) >= 11 is 1.35. The zero-order chi connectivity index (χ0) is 31.1. The van der Waals surface area contributed by atoms with Crippen LogP contribution in [0.15, 0.2) is 66.9 Å². The van der Waals surface area contributed by atoms with Gasteiger partial charge in [0.1, 0.15) is 10.8 Å². The van der Waals surface area contributed by atoms with E-state index in [1.807, 2.05) is 42.1 Å². The van der Waals surface area contributed by atoms with Crippen molar-refractivity contribution in [3.05, 3.63) is 88.7 Å². The van der Waals surface area contributed by atoms with Gasteiger partial charge in [-0.2, -0.15) is 5.10 Å². The lowest BCUT2D eigenvalue weighted by Gasteiger charge is -2.10. The normalized spacial score (nSPS) is 11.5. The Morgan fingerprint density at radius 2 is 1.68 bits per heavy atom. The highest BCUT2D eigenvalue weighted by molar-refractivity contribution is 7.15. The Kier molecular flexibility index (Phi) is 9.48. The number of alkyl halides is 3. The monoisotopic (exact) mass is 623 g/mol. The maximum atomic E-state index is 12.6. The van der Waals surface area contributed by atoms with Crippen LogP contribution in [-0.2, 0) is 42.3 Å². The molecule has 5 aromatic rings. The van der Waals surface area contributed by atoms with Gasteiger partial charge in [0.05, 0.1) is 18.5 Å². The van der Waals surface area contributed by atoms with Crippen molar-refractivity contribution in [2.75, 3.05) is 10.6 Å². The van der Waals surface area contributed by atoms with Gasteiger partial charge in [-0.25, -0.2) is 0 Å². The van der Waals surface area contributed by atoms with Crippen LogP contribution in [0.3, 0.4) is 0 Å². The Morgan fingerprint density at radius 1 is 0.886 bits per heavy atom. The lowest BCUT2D eigenvalue weighted by molar-refractivity contribution is -0.274. The number of benzene rings is 2. The van der Waals surface area contributed by atoms with E-state index in [2.05, 4.69) is 35.8 Å². The van der Waals surface area contributed by atoms with E-state index < -0.39 is 18.0 Å². The highest BCUT2D eigenvalue weighted by Crippen LogP contribution is 2.24.